The summed E-state index contributed by atoms with van der Waals surface area (Å²) in [5.74, 6) is -1.33. The number of hydrogen-bond donors (Lipinski definition) is 2. The van der Waals surface area contributed by atoms with Crippen LogP contribution >= 0.6 is 0 Å². The molecule has 0 bridgehead atoms. The van der Waals surface area contributed by atoms with Crippen molar-refractivity contribution in [2.24, 2.45) is 10.8 Å². The number of aliphatic hydroxyl groups excluding tert-OH is 1. The molecule has 2 aliphatic heterocycles. The number of rotatable bonds is 7. The van der Waals surface area contributed by atoms with E-state index in [-0.39, 0.29) is 17.7 Å². The molecule has 156 valence electrons. The van der Waals surface area contributed by atoms with Gasteiger partial charge in [0.05, 0.1) is 6.10 Å². The molecule has 6 heteroatoms. The van der Waals surface area contributed by atoms with Gasteiger partial charge in [-0.2, -0.15) is 0 Å². The van der Waals surface area contributed by atoms with Gasteiger partial charge in [0.1, 0.15) is 11.2 Å². The van der Waals surface area contributed by atoms with Crippen molar-refractivity contribution < 1.29 is 19.4 Å². The van der Waals surface area contributed by atoms with Gasteiger partial charge < -0.3 is 20.0 Å². The number of halogens is 1. The van der Waals surface area contributed by atoms with Crippen molar-refractivity contribution in [3.63, 3.8) is 0 Å². The van der Waals surface area contributed by atoms with Gasteiger partial charge in [-0.25, -0.2) is 4.39 Å². The normalized spacial score (nSPS) is 27.2. The third kappa shape index (κ3) is 4.91. The first-order valence-corrected chi connectivity index (χ1v) is 10.3. The minimum Gasteiger partial charge on any atom is -0.481 e. The Labute approximate surface area is 167 Å². The highest BCUT2D eigenvalue weighted by Gasteiger charge is 2.49. The predicted octanol–water partition coefficient (Wildman–Crippen LogP) is 2.63. The highest BCUT2D eigenvalue weighted by Crippen LogP contribution is 2.36. The Balaban J connectivity index is 1.72. The van der Waals surface area contributed by atoms with Crippen LogP contribution in [0.2, 0.25) is 0 Å². The molecule has 0 saturated carbocycles. The summed E-state index contributed by atoms with van der Waals surface area (Å²) in [5, 5.41) is 20.7. The first-order valence-electron chi connectivity index (χ1n) is 10.3. The van der Waals surface area contributed by atoms with Crippen LogP contribution in [0.15, 0.2) is 24.3 Å². The Morgan fingerprint density at radius 2 is 1.75 bits per heavy atom. The van der Waals surface area contributed by atoms with Crippen LogP contribution in [0.5, 0.6) is 0 Å². The summed E-state index contributed by atoms with van der Waals surface area (Å²) in [4.78, 5) is 17.0. The molecule has 3 rings (SSSR count). The van der Waals surface area contributed by atoms with Crippen LogP contribution in [0.1, 0.15) is 38.7 Å². The highest BCUT2D eigenvalue weighted by molar-refractivity contribution is 5.76. The van der Waals surface area contributed by atoms with E-state index in [4.69, 9.17) is 0 Å². The first kappa shape index (κ1) is 21.2. The molecule has 2 aliphatic rings. The van der Waals surface area contributed by atoms with Crippen LogP contribution in [-0.2, 0) is 11.2 Å². The quantitative estimate of drug-likeness (QED) is 0.747. The van der Waals surface area contributed by atoms with Gasteiger partial charge in [-0.1, -0.05) is 26.0 Å². The molecule has 0 unspecified atom stereocenters. The number of piperidine rings is 1. The van der Waals surface area contributed by atoms with Crippen molar-refractivity contribution >= 4 is 5.97 Å². The summed E-state index contributed by atoms with van der Waals surface area (Å²) >= 11 is 0. The van der Waals surface area contributed by atoms with Gasteiger partial charge in [0.15, 0.2) is 0 Å². The average molecular weight is 393 g/mol. The largest absolute Gasteiger partial charge is 0.481 e. The molecule has 1 aromatic rings. The zero-order valence-electron chi connectivity index (χ0n) is 17.0. The van der Waals surface area contributed by atoms with E-state index in [1.54, 1.807) is 12.1 Å². The molecule has 0 radical (unpaired) electrons. The molecule has 0 spiro atoms. The molecule has 2 fully saturated rings. The Hall–Kier alpha value is -1.50. The summed E-state index contributed by atoms with van der Waals surface area (Å²) in [6.45, 7) is 9.57. The smallest absolute Gasteiger partial charge is 0.313 e. The van der Waals surface area contributed by atoms with Crippen LogP contribution in [0.25, 0.3) is 0 Å². The third-order valence-corrected chi connectivity index (χ3v) is 6.22. The van der Waals surface area contributed by atoms with Crippen LogP contribution < -0.4 is 0 Å². The molecular weight excluding hydrogens is 359 g/mol. The number of nitrogens with zero attached hydrogens (tertiary/aromatic N) is 2. The fourth-order valence-corrected chi connectivity index (χ4v) is 4.93. The van der Waals surface area contributed by atoms with E-state index in [1.807, 2.05) is 0 Å². The van der Waals surface area contributed by atoms with Crippen LogP contribution in [0.3, 0.4) is 0 Å². The SMILES string of the molecule is CC(C)(CN1CCCC1)CN1CC[C@H](O)[C@](Cc2ccc(F)cc2)(C(=O)O)C1. The predicted molar refractivity (Wildman–Crippen MR) is 107 cm³/mol. The molecule has 0 aliphatic carbocycles. The molecule has 2 heterocycles. The van der Waals surface area contributed by atoms with Crippen molar-refractivity contribution in [2.45, 2.75) is 45.6 Å². The molecule has 28 heavy (non-hydrogen) atoms. The Bertz CT molecular complexity index is 673. The number of likely N-dealkylation sites (tertiary alicyclic amines) is 2. The summed E-state index contributed by atoms with van der Waals surface area (Å²) in [5.41, 5.74) is -0.479. The lowest BCUT2D eigenvalue weighted by molar-refractivity contribution is -0.164. The Morgan fingerprint density at radius 1 is 1.14 bits per heavy atom. The molecule has 0 aromatic heterocycles. The maximum Gasteiger partial charge on any atom is 0.313 e. The van der Waals surface area contributed by atoms with Gasteiger partial charge >= 0.3 is 5.97 Å². The molecule has 5 nitrogen and oxygen atoms in total. The van der Waals surface area contributed by atoms with Gasteiger partial charge in [0, 0.05) is 26.2 Å². The maximum absolute atomic E-state index is 13.2. The second kappa shape index (κ2) is 8.47. The van der Waals surface area contributed by atoms with Crippen LogP contribution in [-0.4, -0.2) is 71.4 Å². The van der Waals surface area contributed by atoms with Crippen molar-refractivity contribution in [1.82, 2.24) is 9.80 Å². The van der Waals surface area contributed by atoms with Crippen molar-refractivity contribution in [1.29, 1.82) is 0 Å². The van der Waals surface area contributed by atoms with E-state index < -0.39 is 17.5 Å². The third-order valence-electron chi connectivity index (χ3n) is 6.22. The van der Waals surface area contributed by atoms with Crippen molar-refractivity contribution in [2.75, 3.05) is 39.3 Å². The fourth-order valence-electron chi connectivity index (χ4n) is 4.93. The lowest BCUT2D eigenvalue weighted by atomic mass is 9.72. The van der Waals surface area contributed by atoms with Crippen molar-refractivity contribution in [3.8, 4) is 0 Å². The molecule has 2 atom stereocenters. The molecule has 2 saturated heterocycles. The fraction of sp³-hybridized carbons (Fsp3) is 0.682. The van der Waals surface area contributed by atoms with E-state index in [0.29, 0.717) is 19.5 Å². The van der Waals surface area contributed by atoms with Gasteiger partial charge in [0.25, 0.3) is 0 Å². The summed E-state index contributed by atoms with van der Waals surface area (Å²) in [6.07, 6.45) is 2.24. The summed E-state index contributed by atoms with van der Waals surface area (Å²) in [6, 6.07) is 5.92. The van der Waals surface area contributed by atoms with E-state index >= 15 is 0 Å². The molecule has 1 aromatic carbocycles. The zero-order valence-corrected chi connectivity index (χ0v) is 17.0. The molecule has 2 N–H and O–H groups in total. The van der Waals surface area contributed by atoms with E-state index in [1.165, 1.54) is 25.0 Å². The maximum atomic E-state index is 13.2. The number of aliphatic carboxylic acids is 1. The van der Waals surface area contributed by atoms with E-state index in [9.17, 15) is 19.4 Å². The zero-order chi connectivity index (χ0) is 20.4. The Morgan fingerprint density at radius 3 is 2.36 bits per heavy atom. The lowest BCUT2D eigenvalue weighted by Gasteiger charge is -2.46. The number of aliphatic hydroxyl groups is 1. The Kier molecular flexibility index (Phi) is 6.42. The van der Waals surface area contributed by atoms with Gasteiger partial charge in [-0.3, -0.25) is 4.79 Å². The van der Waals surface area contributed by atoms with Gasteiger partial charge in [-0.05, 0) is 61.9 Å². The van der Waals surface area contributed by atoms with Crippen molar-refractivity contribution in [3.05, 3.63) is 35.6 Å². The second-order valence-corrected chi connectivity index (χ2v) is 9.43. The van der Waals surface area contributed by atoms with E-state index in [2.05, 4.69) is 23.6 Å². The number of benzene rings is 1. The number of carbonyl (C=O) groups is 1. The molecule has 0 amide bonds. The average Bonchev–Trinajstić information content (AvgIpc) is 3.11. The minimum absolute atomic E-state index is 0.0484. The lowest BCUT2D eigenvalue weighted by Crippen LogP contribution is -2.58. The number of carboxylic acids is 1. The van der Waals surface area contributed by atoms with E-state index in [0.717, 1.165) is 31.7 Å². The summed E-state index contributed by atoms with van der Waals surface area (Å²) < 4.78 is 13.2. The summed E-state index contributed by atoms with van der Waals surface area (Å²) in [7, 11) is 0. The number of hydrogen-bond acceptors (Lipinski definition) is 4. The highest BCUT2D eigenvalue weighted by atomic mass is 19.1. The van der Waals surface area contributed by atoms with Crippen LogP contribution in [0.4, 0.5) is 4.39 Å². The van der Waals surface area contributed by atoms with Crippen LogP contribution in [0, 0.1) is 16.6 Å². The van der Waals surface area contributed by atoms with Gasteiger partial charge in [-0.15, -0.1) is 0 Å². The standard InChI is InChI=1S/C22H33FN2O3/c1-21(2,14-24-10-3-4-11-24)15-25-12-9-19(26)22(16-25,20(27)28)13-17-5-7-18(23)8-6-17/h5-8,19,26H,3-4,9-16H2,1-2H3,(H,27,28)/t19-,22+/m0/s1. The number of carboxylic acid groups (broad SMARTS) is 1. The second-order valence-electron chi connectivity index (χ2n) is 9.43. The molecular formula is C22H33FN2O3. The topological polar surface area (TPSA) is 64.0 Å². The van der Waals surface area contributed by atoms with Gasteiger partial charge in [0.2, 0.25) is 0 Å². The minimum atomic E-state index is -1.26. The monoisotopic (exact) mass is 392 g/mol. The first-order chi connectivity index (χ1) is 13.2.